The summed E-state index contributed by atoms with van der Waals surface area (Å²) in [5.74, 6) is 0.665. The van der Waals surface area contributed by atoms with Crippen molar-refractivity contribution in [3.63, 3.8) is 0 Å². The van der Waals surface area contributed by atoms with Crippen molar-refractivity contribution in [2.24, 2.45) is 0 Å². The Bertz CT molecular complexity index is 706. The minimum absolute atomic E-state index is 0.0455. The van der Waals surface area contributed by atoms with Gasteiger partial charge in [0, 0.05) is 0 Å². The van der Waals surface area contributed by atoms with E-state index in [0.29, 0.717) is 6.42 Å². The van der Waals surface area contributed by atoms with Gasteiger partial charge >= 0.3 is 0 Å². The molecule has 2 atom stereocenters. The molecule has 2 unspecified atom stereocenters. The lowest BCUT2D eigenvalue weighted by atomic mass is 10.0. The first-order valence-electron chi connectivity index (χ1n) is 9.07. The van der Waals surface area contributed by atoms with Gasteiger partial charge in [0.05, 0.1) is 6.04 Å². The van der Waals surface area contributed by atoms with Gasteiger partial charge in [-0.15, -0.1) is 0 Å². The Morgan fingerprint density at radius 1 is 1.04 bits per heavy atom. The molecule has 0 aromatic heterocycles. The molecule has 0 fully saturated rings. The molecule has 1 amide bonds. The third-order valence-electron chi connectivity index (χ3n) is 4.67. The molecule has 1 N–H and O–H groups in total. The number of nitrogens with one attached hydrogen (secondary N) is 1. The second kappa shape index (κ2) is 8.70. The fourth-order valence-electron chi connectivity index (χ4n) is 2.71. The normalized spacial score (nSPS) is 13.2. The van der Waals surface area contributed by atoms with Gasteiger partial charge in [0.2, 0.25) is 0 Å². The Kier molecular flexibility index (Phi) is 6.63. The summed E-state index contributed by atoms with van der Waals surface area (Å²) in [6.07, 6.45) is 1.16. The zero-order chi connectivity index (χ0) is 18.4. The van der Waals surface area contributed by atoms with Crippen LogP contribution >= 0.6 is 0 Å². The SMILES string of the molecule is CCc1ccc(C(C)NC(=O)C(CC)Oc2ccc(C)c(C)c2)cc1. The lowest BCUT2D eigenvalue weighted by molar-refractivity contribution is -0.128. The van der Waals surface area contributed by atoms with Crippen LogP contribution in [0.4, 0.5) is 0 Å². The molecule has 2 rings (SSSR count). The van der Waals surface area contributed by atoms with Crippen molar-refractivity contribution in [1.82, 2.24) is 5.32 Å². The van der Waals surface area contributed by atoms with Crippen molar-refractivity contribution < 1.29 is 9.53 Å². The van der Waals surface area contributed by atoms with E-state index in [1.165, 1.54) is 11.1 Å². The molecule has 0 spiro atoms. The summed E-state index contributed by atoms with van der Waals surface area (Å²) in [5, 5.41) is 3.07. The van der Waals surface area contributed by atoms with Crippen LogP contribution < -0.4 is 10.1 Å². The van der Waals surface area contributed by atoms with Crippen LogP contribution in [0, 0.1) is 13.8 Å². The van der Waals surface area contributed by atoms with Crippen LogP contribution in [0.2, 0.25) is 0 Å². The molecule has 0 aliphatic carbocycles. The van der Waals surface area contributed by atoms with E-state index in [1.54, 1.807) is 0 Å². The quantitative estimate of drug-likeness (QED) is 0.779. The third-order valence-corrected chi connectivity index (χ3v) is 4.67. The van der Waals surface area contributed by atoms with Crippen molar-refractivity contribution in [3.05, 3.63) is 64.7 Å². The first kappa shape index (κ1) is 19.0. The highest BCUT2D eigenvalue weighted by Crippen LogP contribution is 2.19. The number of aryl methyl sites for hydroxylation is 3. The molecular formula is C22H29NO2. The van der Waals surface area contributed by atoms with Gasteiger partial charge < -0.3 is 10.1 Å². The maximum absolute atomic E-state index is 12.6. The van der Waals surface area contributed by atoms with Gasteiger partial charge in [-0.3, -0.25) is 4.79 Å². The minimum atomic E-state index is -0.487. The molecule has 0 heterocycles. The van der Waals surface area contributed by atoms with Crippen molar-refractivity contribution in [1.29, 1.82) is 0 Å². The highest BCUT2D eigenvalue weighted by molar-refractivity contribution is 5.81. The second-order valence-corrected chi connectivity index (χ2v) is 6.59. The van der Waals surface area contributed by atoms with E-state index in [2.05, 4.69) is 43.4 Å². The number of benzene rings is 2. The van der Waals surface area contributed by atoms with E-state index < -0.39 is 6.10 Å². The van der Waals surface area contributed by atoms with Crippen LogP contribution in [0.1, 0.15) is 55.5 Å². The van der Waals surface area contributed by atoms with E-state index in [-0.39, 0.29) is 11.9 Å². The Hall–Kier alpha value is -2.29. The fourth-order valence-corrected chi connectivity index (χ4v) is 2.71. The summed E-state index contributed by atoms with van der Waals surface area (Å²) >= 11 is 0. The topological polar surface area (TPSA) is 38.3 Å². The zero-order valence-corrected chi connectivity index (χ0v) is 15.9. The molecule has 2 aromatic carbocycles. The number of hydrogen-bond donors (Lipinski definition) is 1. The van der Waals surface area contributed by atoms with Crippen molar-refractivity contribution >= 4 is 5.91 Å². The van der Waals surface area contributed by atoms with Gasteiger partial charge in [-0.2, -0.15) is 0 Å². The summed E-state index contributed by atoms with van der Waals surface area (Å²) in [6.45, 7) is 10.2. The van der Waals surface area contributed by atoms with E-state index in [9.17, 15) is 4.79 Å². The Labute approximate surface area is 151 Å². The summed E-state index contributed by atoms with van der Waals surface area (Å²) in [6, 6.07) is 14.3. The number of carbonyl (C=O) groups excluding carboxylic acids is 1. The average molecular weight is 339 g/mol. The van der Waals surface area contributed by atoms with Gasteiger partial charge in [-0.25, -0.2) is 0 Å². The molecule has 25 heavy (non-hydrogen) atoms. The number of ether oxygens (including phenoxy) is 1. The van der Waals surface area contributed by atoms with Gasteiger partial charge in [-0.1, -0.05) is 44.2 Å². The monoisotopic (exact) mass is 339 g/mol. The number of amides is 1. The fraction of sp³-hybridized carbons (Fsp3) is 0.409. The highest BCUT2D eigenvalue weighted by atomic mass is 16.5. The van der Waals surface area contributed by atoms with Crippen molar-refractivity contribution in [2.75, 3.05) is 0 Å². The second-order valence-electron chi connectivity index (χ2n) is 6.59. The van der Waals surface area contributed by atoms with Crippen LogP contribution in [0.15, 0.2) is 42.5 Å². The van der Waals surface area contributed by atoms with E-state index >= 15 is 0 Å². The molecule has 2 aromatic rings. The number of rotatable bonds is 7. The Morgan fingerprint density at radius 2 is 1.72 bits per heavy atom. The maximum atomic E-state index is 12.6. The summed E-state index contributed by atoms with van der Waals surface area (Å²) < 4.78 is 5.92. The van der Waals surface area contributed by atoms with Crippen LogP contribution in [-0.2, 0) is 11.2 Å². The predicted molar refractivity (Wildman–Crippen MR) is 103 cm³/mol. The first-order chi connectivity index (χ1) is 11.9. The smallest absolute Gasteiger partial charge is 0.261 e. The molecule has 134 valence electrons. The van der Waals surface area contributed by atoms with Crippen molar-refractivity contribution in [3.8, 4) is 5.75 Å². The van der Waals surface area contributed by atoms with Crippen LogP contribution in [0.3, 0.4) is 0 Å². The summed E-state index contributed by atoms with van der Waals surface area (Å²) in [4.78, 5) is 12.6. The molecule has 0 aliphatic rings. The van der Waals surface area contributed by atoms with Crippen molar-refractivity contribution in [2.45, 2.75) is 59.6 Å². The van der Waals surface area contributed by atoms with Crippen LogP contribution in [0.5, 0.6) is 5.75 Å². The molecule has 0 bridgehead atoms. The first-order valence-corrected chi connectivity index (χ1v) is 9.07. The summed E-state index contributed by atoms with van der Waals surface area (Å²) in [5.41, 5.74) is 4.78. The Morgan fingerprint density at radius 3 is 2.28 bits per heavy atom. The standard InChI is InChI=1S/C22H29NO2/c1-6-18-9-11-19(12-10-18)17(5)23-22(24)21(7-2)25-20-13-8-15(3)16(4)14-20/h8-14,17,21H,6-7H2,1-5H3,(H,23,24). The maximum Gasteiger partial charge on any atom is 0.261 e. The molecule has 0 saturated carbocycles. The zero-order valence-electron chi connectivity index (χ0n) is 15.9. The van der Waals surface area contributed by atoms with Crippen LogP contribution in [-0.4, -0.2) is 12.0 Å². The van der Waals surface area contributed by atoms with Crippen LogP contribution in [0.25, 0.3) is 0 Å². The number of carbonyl (C=O) groups is 1. The third kappa shape index (κ3) is 5.09. The lowest BCUT2D eigenvalue weighted by Crippen LogP contribution is -2.39. The minimum Gasteiger partial charge on any atom is -0.481 e. The lowest BCUT2D eigenvalue weighted by Gasteiger charge is -2.21. The molecule has 0 radical (unpaired) electrons. The van der Waals surface area contributed by atoms with Gasteiger partial charge in [-0.05, 0) is 68.0 Å². The van der Waals surface area contributed by atoms with E-state index in [1.807, 2.05) is 39.0 Å². The molecule has 3 nitrogen and oxygen atoms in total. The molecule has 0 saturated heterocycles. The molecular weight excluding hydrogens is 310 g/mol. The molecule has 0 aliphatic heterocycles. The summed E-state index contributed by atoms with van der Waals surface area (Å²) in [7, 11) is 0. The predicted octanol–water partition coefficient (Wildman–Crippen LogP) is 4.90. The molecule has 3 heteroatoms. The van der Waals surface area contributed by atoms with E-state index in [0.717, 1.165) is 23.3 Å². The van der Waals surface area contributed by atoms with Gasteiger partial charge in [0.15, 0.2) is 6.10 Å². The average Bonchev–Trinajstić information content (AvgIpc) is 2.62. The van der Waals surface area contributed by atoms with Gasteiger partial charge in [0.1, 0.15) is 5.75 Å². The number of hydrogen-bond acceptors (Lipinski definition) is 2. The van der Waals surface area contributed by atoms with E-state index in [4.69, 9.17) is 4.74 Å². The van der Waals surface area contributed by atoms with Gasteiger partial charge in [0.25, 0.3) is 5.91 Å². The largest absolute Gasteiger partial charge is 0.481 e. The Balaban J connectivity index is 2.01. The highest BCUT2D eigenvalue weighted by Gasteiger charge is 2.20.